The van der Waals surface area contributed by atoms with E-state index in [4.69, 9.17) is 0 Å². The van der Waals surface area contributed by atoms with Gasteiger partial charge in [-0.25, -0.2) is 0 Å². The van der Waals surface area contributed by atoms with Crippen molar-refractivity contribution >= 4 is 55.8 Å². The molecule has 0 aliphatic carbocycles. The summed E-state index contributed by atoms with van der Waals surface area (Å²) in [5.74, 6) is 0. The summed E-state index contributed by atoms with van der Waals surface area (Å²) in [6.45, 7) is 4.33. The summed E-state index contributed by atoms with van der Waals surface area (Å²) in [7, 11) is 0. The number of benzene rings is 8. The Morgan fingerprint density at radius 2 is 0.722 bits per heavy atom. The molecule has 0 radical (unpaired) electrons. The average molecular weight is 691 g/mol. The minimum absolute atomic E-state index is 1.17. The fourth-order valence-corrected chi connectivity index (χ4v) is 8.11. The van der Waals surface area contributed by atoms with E-state index in [-0.39, 0.29) is 0 Å². The summed E-state index contributed by atoms with van der Waals surface area (Å²) in [4.78, 5) is 0. The molecular formula is C52H38N2. The Bertz CT molecular complexity index is 2950. The molecule has 256 valence electrons. The third-order valence-electron chi connectivity index (χ3n) is 10.8. The maximum atomic E-state index is 2.39. The fourth-order valence-electron chi connectivity index (χ4n) is 8.11. The van der Waals surface area contributed by atoms with Gasteiger partial charge in [-0.15, -0.1) is 0 Å². The molecule has 2 heterocycles. The maximum absolute atomic E-state index is 2.39. The van der Waals surface area contributed by atoms with Crippen molar-refractivity contribution < 1.29 is 0 Å². The maximum Gasteiger partial charge on any atom is 0.0541 e. The Kier molecular flexibility index (Phi) is 7.63. The lowest BCUT2D eigenvalue weighted by molar-refractivity contribution is 1.18. The normalized spacial score (nSPS) is 11.8. The van der Waals surface area contributed by atoms with Gasteiger partial charge in [-0.05, 0) is 114 Å². The van der Waals surface area contributed by atoms with Crippen LogP contribution in [0.4, 0.5) is 0 Å². The Morgan fingerprint density at radius 3 is 1.30 bits per heavy atom. The molecule has 0 atom stereocenters. The first kappa shape index (κ1) is 31.8. The molecule has 0 amide bonds. The van der Waals surface area contributed by atoms with Crippen molar-refractivity contribution in [3.63, 3.8) is 0 Å². The van der Waals surface area contributed by atoms with Gasteiger partial charge < -0.3 is 9.13 Å². The second kappa shape index (κ2) is 12.9. The van der Waals surface area contributed by atoms with E-state index >= 15 is 0 Å². The fraction of sp³-hybridized carbons (Fsp3) is 0.0385. The lowest BCUT2D eigenvalue weighted by Crippen LogP contribution is -1.93. The van der Waals surface area contributed by atoms with E-state index in [0.717, 1.165) is 0 Å². The molecule has 0 aliphatic rings. The zero-order valence-corrected chi connectivity index (χ0v) is 30.4. The van der Waals surface area contributed by atoms with Crippen molar-refractivity contribution in [1.29, 1.82) is 0 Å². The molecule has 0 spiro atoms. The molecule has 0 fully saturated rings. The highest BCUT2D eigenvalue weighted by molar-refractivity contribution is 6.11. The summed E-state index contributed by atoms with van der Waals surface area (Å²) >= 11 is 0. The van der Waals surface area contributed by atoms with Crippen molar-refractivity contribution in [3.8, 4) is 33.6 Å². The first-order chi connectivity index (χ1) is 26.6. The molecule has 0 saturated carbocycles. The van der Waals surface area contributed by atoms with Crippen LogP contribution in [0.5, 0.6) is 0 Å². The minimum Gasteiger partial charge on any atom is -0.309 e. The molecule has 2 heteroatoms. The zero-order chi connectivity index (χ0) is 36.2. The van der Waals surface area contributed by atoms with Crippen molar-refractivity contribution in [2.75, 3.05) is 0 Å². The highest BCUT2D eigenvalue weighted by Gasteiger charge is 2.14. The Balaban J connectivity index is 0.875. The van der Waals surface area contributed by atoms with Gasteiger partial charge in [-0.3, -0.25) is 0 Å². The molecule has 2 aromatic heterocycles. The van der Waals surface area contributed by atoms with Crippen molar-refractivity contribution in [3.05, 3.63) is 204 Å². The van der Waals surface area contributed by atoms with E-state index in [0.29, 0.717) is 0 Å². The van der Waals surface area contributed by atoms with Crippen LogP contribution in [0.15, 0.2) is 182 Å². The largest absolute Gasteiger partial charge is 0.309 e. The van der Waals surface area contributed by atoms with Crippen molar-refractivity contribution in [1.82, 2.24) is 9.13 Å². The molecule has 0 unspecified atom stereocenters. The number of fused-ring (bicyclic) bond motifs is 6. The first-order valence-electron chi connectivity index (χ1n) is 18.7. The highest BCUT2D eigenvalue weighted by atomic mass is 15.0. The van der Waals surface area contributed by atoms with E-state index in [2.05, 4.69) is 217 Å². The Morgan fingerprint density at radius 1 is 0.315 bits per heavy atom. The Labute approximate surface area is 315 Å². The lowest BCUT2D eigenvalue weighted by Gasteiger charge is -2.10. The van der Waals surface area contributed by atoms with Crippen molar-refractivity contribution in [2.45, 2.75) is 13.8 Å². The van der Waals surface area contributed by atoms with Crippen LogP contribution in [0.1, 0.15) is 22.3 Å². The number of nitrogens with zero attached hydrogens (tertiary/aromatic N) is 2. The molecule has 10 aromatic rings. The van der Waals surface area contributed by atoms with E-state index < -0.39 is 0 Å². The van der Waals surface area contributed by atoms with Crippen LogP contribution in [-0.2, 0) is 0 Å². The molecule has 2 nitrogen and oxygen atoms in total. The molecule has 0 N–H and O–H groups in total. The number of aromatic nitrogens is 2. The van der Waals surface area contributed by atoms with Crippen molar-refractivity contribution in [2.24, 2.45) is 0 Å². The second-order valence-electron chi connectivity index (χ2n) is 14.4. The average Bonchev–Trinajstić information content (AvgIpc) is 3.72. The molecule has 0 bridgehead atoms. The number of rotatable bonds is 6. The summed E-state index contributed by atoms with van der Waals surface area (Å²) in [5, 5.41) is 5.15. The lowest BCUT2D eigenvalue weighted by atomic mass is 10.0. The predicted molar refractivity (Wildman–Crippen MR) is 231 cm³/mol. The SMILES string of the molecule is Cc1ccc2c(c1)c1cc(C)ccc1n2-c1ccc(-c2ccc(C=Cc3ccc(-c4ccc5c(c4)c4ccccc4n5-c4ccccc4)cc3)cc2)cc1. The molecular weight excluding hydrogens is 653 g/mol. The molecule has 0 aliphatic heterocycles. The van der Waals surface area contributed by atoms with Crippen LogP contribution in [0, 0.1) is 13.8 Å². The van der Waals surface area contributed by atoms with Gasteiger partial charge in [0.25, 0.3) is 0 Å². The van der Waals surface area contributed by atoms with E-state index in [1.165, 1.54) is 99.5 Å². The Hall–Kier alpha value is -6.90. The molecule has 0 saturated heterocycles. The number of hydrogen-bond donors (Lipinski definition) is 0. The zero-order valence-electron chi connectivity index (χ0n) is 30.4. The van der Waals surface area contributed by atoms with Gasteiger partial charge in [0.2, 0.25) is 0 Å². The van der Waals surface area contributed by atoms with Crippen LogP contribution in [-0.4, -0.2) is 9.13 Å². The van der Waals surface area contributed by atoms with E-state index in [1.54, 1.807) is 0 Å². The summed E-state index contributed by atoms with van der Waals surface area (Å²) in [5.41, 5.74) is 17.0. The number of para-hydroxylation sites is 2. The van der Waals surface area contributed by atoms with Gasteiger partial charge in [0.1, 0.15) is 0 Å². The van der Waals surface area contributed by atoms with Crippen LogP contribution in [0.2, 0.25) is 0 Å². The van der Waals surface area contributed by atoms with Gasteiger partial charge in [0.05, 0.1) is 22.1 Å². The molecule has 54 heavy (non-hydrogen) atoms. The monoisotopic (exact) mass is 690 g/mol. The predicted octanol–water partition coefficient (Wildman–Crippen LogP) is 14.0. The minimum atomic E-state index is 1.17. The number of hydrogen-bond acceptors (Lipinski definition) is 0. The molecule has 8 aromatic carbocycles. The van der Waals surface area contributed by atoms with E-state index in [9.17, 15) is 0 Å². The van der Waals surface area contributed by atoms with Crippen LogP contribution < -0.4 is 0 Å². The van der Waals surface area contributed by atoms with Gasteiger partial charge in [0.15, 0.2) is 0 Å². The van der Waals surface area contributed by atoms with Gasteiger partial charge in [-0.1, -0.05) is 139 Å². The van der Waals surface area contributed by atoms with Gasteiger partial charge >= 0.3 is 0 Å². The van der Waals surface area contributed by atoms with Gasteiger partial charge in [-0.2, -0.15) is 0 Å². The third kappa shape index (κ3) is 5.52. The smallest absolute Gasteiger partial charge is 0.0541 e. The number of aryl methyl sites for hydroxylation is 2. The first-order valence-corrected chi connectivity index (χ1v) is 18.7. The van der Waals surface area contributed by atoms with Crippen LogP contribution in [0.25, 0.3) is 89.4 Å². The standard InChI is InChI=1S/C52H38N2/c1-35-12-29-50-46(32-35)47-33-36(2)13-30-51(47)54(50)44-27-24-40(25-28-44)39-20-16-37(17-21-39)14-15-38-18-22-41(23-19-38)42-26-31-52-48(34-42)45-10-6-7-11-49(45)53(52)43-8-4-3-5-9-43/h3-34H,1-2H3. The highest BCUT2D eigenvalue weighted by Crippen LogP contribution is 2.36. The quantitative estimate of drug-likeness (QED) is 0.154. The van der Waals surface area contributed by atoms with E-state index in [1.807, 2.05) is 0 Å². The molecule has 10 rings (SSSR count). The van der Waals surface area contributed by atoms with Gasteiger partial charge in [0, 0.05) is 32.9 Å². The topological polar surface area (TPSA) is 9.86 Å². The summed E-state index contributed by atoms with van der Waals surface area (Å²) < 4.78 is 4.75. The summed E-state index contributed by atoms with van der Waals surface area (Å²) in [6.07, 6.45) is 4.39. The summed E-state index contributed by atoms with van der Waals surface area (Å²) in [6, 6.07) is 66.3. The third-order valence-corrected chi connectivity index (χ3v) is 10.8. The van der Waals surface area contributed by atoms with Crippen LogP contribution >= 0.6 is 0 Å². The van der Waals surface area contributed by atoms with Crippen LogP contribution in [0.3, 0.4) is 0 Å². The second-order valence-corrected chi connectivity index (χ2v) is 14.4.